The van der Waals surface area contributed by atoms with E-state index in [1.54, 1.807) is 10.9 Å². The van der Waals surface area contributed by atoms with Crippen molar-refractivity contribution in [1.29, 1.82) is 0 Å². The Labute approximate surface area is 118 Å². The molecule has 0 atom stereocenters. The van der Waals surface area contributed by atoms with Crippen LogP contribution in [0.2, 0.25) is 0 Å². The molecule has 0 bridgehead atoms. The molecule has 104 valence electrons. The molecule has 20 heavy (non-hydrogen) atoms. The molecule has 2 N–H and O–H groups in total. The highest BCUT2D eigenvalue weighted by Crippen LogP contribution is 2.22. The van der Waals surface area contributed by atoms with Crippen molar-refractivity contribution in [2.45, 2.75) is 13.8 Å². The number of rotatable bonds is 2. The zero-order valence-electron chi connectivity index (χ0n) is 11.7. The van der Waals surface area contributed by atoms with Crippen molar-refractivity contribution in [2.75, 3.05) is 18.9 Å². The Hall–Kier alpha value is -1.79. The van der Waals surface area contributed by atoms with Crippen LogP contribution >= 0.6 is 0 Å². The first kappa shape index (κ1) is 13.2. The number of hydrogen-bond acceptors (Lipinski definition) is 4. The highest BCUT2D eigenvalue weighted by molar-refractivity contribution is 6.61. The molecule has 5 nitrogen and oxygen atoms in total. The summed E-state index contributed by atoms with van der Waals surface area (Å²) in [6.45, 7) is 5.60. The number of nitrogens with zero attached hydrogens (tertiary/aromatic N) is 2. The Kier molecular flexibility index (Phi) is 3.27. The first-order chi connectivity index (χ1) is 9.55. The quantitative estimate of drug-likeness (QED) is 0.659. The maximum atomic E-state index is 6.10. The Balaban J connectivity index is 1.81. The van der Waals surface area contributed by atoms with Gasteiger partial charge in [0.05, 0.1) is 11.4 Å². The van der Waals surface area contributed by atoms with E-state index in [2.05, 4.69) is 18.9 Å². The Morgan fingerprint density at radius 1 is 1.30 bits per heavy atom. The van der Waals surface area contributed by atoms with Crippen molar-refractivity contribution in [3.8, 4) is 5.69 Å². The van der Waals surface area contributed by atoms with Crippen LogP contribution in [0.1, 0.15) is 13.8 Å². The number of anilines is 1. The molecule has 2 aromatic rings. The van der Waals surface area contributed by atoms with Crippen molar-refractivity contribution in [3.63, 3.8) is 0 Å². The van der Waals surface area contributed by atoms with E-state index in [4.69, 9.17) is 15.0 Å². The molecule has 1 aliphatic rings. The summed E-state index contributed by atoms with van der Waals surface area (Å²) in [4.78, 5) is 0. The zero-order chi connectivity index (χ0) is 14.2. The van der Waals surface area contributed by atoms with Gasteiger partial charge in [-0.15, -0.1) is 0 Å². The van der Waals surface area contributed by atoms with Gasteiger partial charge in [0.1, 0.15) is 0 Å². The van der Waals surface area contributed by atoms with E-state index in [1.807, 2.05) is 30.5 Å². The van der Waals surface area contributed by atoms with E-state index in [1.165, 1.54) is 0 Å². The molecule has 3 rings (SSSR count). The average molecular weight is 271 g/mol. The van der Waals surface area contributed by atoms with Gasteiger partial charge < -0.3 is 15.0 Å². The fourth-order valence-electron chi connectivity index (χ4n) is 2.22. The van der Waals surface area contributed by atoms with Crippen molar-refractivity contribution in [1.82, 2.24) is 9.78 Å². The van der Waals surface area contributed by atoms with Crippen LogP contribution < -0.4 is 11.2 Å². The van der Waals surface area contributed by atoms with E-state index >= 15 is 0 Å². The van der Waals surface area contributed by atoms with E-state index in [0.717, 1.165) is 11.2 Å². The maximum Gasteiger partial charge on any atom is 0.493 e. The van der Waals surface area contributed by atoms with Gasteiger partial charge >= 0.3 is 7.12 Å². The van der Waals surface area contributed by atoms with Gasteiger partial charge in [0.25, 0.3) is 0 Å². The third-order valence-corrected chi connectivity index (χ3v) is 3.33. The molecule has 0 amide bonds. The van der Waals surface area contributed by atoms with Gasteiger partial charge in [-0.05, 0) is 23.7 Å². The number of benzene rings is 1. The first-order valence-corrected chi connectivity index (χ1v) is 6.68. The molecule has 0 spiro atoms. The molecule has 1 aliphatic heterocycles. The van der Waals surface area contributed by atoms with Crippen LogP contribution in [0.3, 0.4) is 0 Å². The lowest BCUT2D eigenvalue weighted by Gasteiger charge is -2.33. The second kappa shape index (κ2) is 4.96. The molecule has 0 radical (unpaired) electrons. The van der Waals surface area contributed by atoms with E-state index in [9.17, 15) is 0 Å². The lowest BCUT2D eigenvalue weighted by Crippen LogP contribution is -2.47. The molecule has 0 aliphatic carbocycles. The topological polar surface area (TPSA) is 62.3 Å². The lowest BCUT2D eigenvalue weighted by molar-refractivity contribution is 0.0343. The molecule has 2 heterocycles. The Morgan fingerprint density at radius 3 is 2.65 bits per heavy atom. The summed E-state index contributed by atoms with van der Waals surface area (Å²) >= 11 is 0. The summed E-state index contributed by atoms with van der Waals surface area (Å²) in [7, 11) is -0.336. The van der Waals surface area contributed by atoms with E-state index in [0.29, 0.717) is 18.9 Å². The van der Waals surface area contributed by atoms with Gasteiger partial charge in [-0.3, -0.25) is 0 Å². The van der Waals surface area contributed by atoms with Crippen molar-refractivity contribution in [2.24, 2.45) is 5.41 Å². The summed E-state index contributed by atoms with van der Waals surface area (Å²) in [6.07, 6.45) is 3.59. The fourth-order valence-corrected chi connectivity index (χ4v) is 2.22. The van der Waals surface area contributed by atoms with Crippen LogP contribution in [0, 0.1) is 5.41 Å². The maximum absolute atomic E-state index is 6.10. The van der Waals surface area contributed by atoms with Gasteiger partial charge in [-0.25, -0.2) is 4.68 Å². The summed E-state index contributed by atoms with van der Waals surface area (Å²) in [5.74, 6) is 0. The van der Waals surface area contributed by atoms with Crippen molar-refractivity contribution in [3.05, 3.63) is 36.7 Å². The minimum atomic E-state index is -0.336. The second-order valence-corrected chi connectivity index (χ2v) is 5.89. The SMILES string of the molecule is CC1(C)COB(c2ccc(-n3cccn3)c(N)c2)OC1. The standard InChI is InChI=1S/C14H18BN3O2/c1-14(2)9-19-15(20-10-14)11-4-5-13(12(16)8-11)18-7-3-6-17-18/h3-8H,9-10,16H2,1-2H3. The average Bonchev–Trinajstić information content (AvgIpc) is 2.92. The van der Waals surface area contributed by atoms with Crippen LogP contribution in [-0.2, 0) is 9.31 Å². The molecular weight excluding hydrogens is 253 g/mol. The van der Waals surface area contributed by atoms with Crippen LogP contribution in [0.25, 0.3) is 5.69 Å². The van der Waals surface area contributed by atoms with E-state index < -0.39 is 0 Å². The van der Waals surface area contributed by atoms with Gasteiger partial charge in [-0.2, -0.15) is 5.10 Å². The molecule has 1 aromatic carbocycles. The van der Waals surface area contributed by atoms with Crippen molar-refractivity contribution >= 4 is 18.3 Å². The monoisotopic (exact) mass is 271 g/mol. The van der Waals surface area contributed by atoms with Crippen molar-refractivity contribution < 1.29 is 9.31 Å². The molecule has 1 fully saturated rings. The van der Waals surface area contributed by atoms with Crippen LogP contribution in [0.15, 0.2) is 36.7 Å². The van der Waals surface area contributed by atoms with Gasteiger partial charge in [0.2, 0.25) is 0 Å². The zero-order valence-corrected chi connectivity index (χ0v) is 11.7. The summed E-state index contributed by atoms with van der Waals surface area (Å²) in [5.41, 5.74) is 8.62. The Morgan fingerprint density at radius 2 is 2.05 bits per heavy atom. The smallest absolute Gasteiger partial charge is 0.407 e. The lowest BCUT2D eigenvalue weighted by atomic mass is 9.75. The van der Waals surface area contributed by atoms with Gasteiger partial charge in [0, 0.05) is 31.0 Å². The molecule has 6 heteroatoms. The minimum Gasteiger partial charge on any atom is -0.407 e. The van der Waals surface area contributed by atoms with Crippen LogP contribution in [0.4, 0.5) is 5.69 Å². The molecule has 1 aromatic heterocycles. The summed E-state index contributed by atoms with van der Waals surface area (Å²) in [6, 6.07) is 7.66. The van der Waals surface area contributed by atoms with Crippen LogP contribution in [-0.4, -0.2) is 30.1 Å². The second-order valence-electron chi connectivity index (χ2n) is 5.89. The number of nitrogen functional groups attached to an aromatic ring is 1. The third kappa shape index (κ3) is 2.57. The highest BCUT2D eigenvalue weighted by atomic mass is 16.6. The first-order valence-electron chi connectivity index (χ1n) is 6.68. The molecule has 0 saturated carbocycles. The van der Waals surface area contributed by atoms with E-state index in [-0.39, 0.29) is 12.5 Å². The number of nitrogens with two attached hydrogens (primary N) is 1. The fraction of sp³-hybridized carbons (Fsp3) is 0.357. The molecular formula is C14H18BN3O2. The minimum absolute atomic E-state index is 0.0665. The predicted molar refractivity (Wildman–Crippen MR) is 79.0 cm³/mol. The van der Waals surface area contributed by atoms with Gasteiger partial charge in [-0.1, -0.05) is 19.9 Å². The third-order valence-electron chi connectivity index (χ3n) is 3.33. The Bertz CT molecular complexity index is 588. The molecule has 0 unspecified atom stereocenters. The largest absolute Gasteiger partial charge is 0.493 e. The highest BCUT2D eigenvalue weighted by Gasteiger charge is 2.33. The summed E-state index contributed by atoms with van der Waals surface area (Å²) in [5, 5.41) is 4.18. The van der Waals surface area contributed by atoms with Crippen LogP contribution in [0.5, 0.6) is 0 Å². The summed E-state index contributed by atoms with van der Waals surface area (Å²) < 4.78 is 13.3. The molecule has 1 saturated heterocycles. The normalized spacial score (nSPS) is 18.2. The number of aromatic nitrogens is 2. The van der Waals surface area contributed by atoms with Gasteiger partial charge in [0.15, 0.2) is 0 Å². The number of hydrogen-bond donors (Lipinski definition) is 1. The predicted octanol–water partition coefficient (Wildman–Crippen LogP) is 1.22.